The van der Waals surface area contributed by atoms with E-state index in [4.69, 9.17) is 10.6 Å². The Kier molecular flexibility index (Phi) is 8.05. The van der Waals surface area contributed by atoms with Gasteiger partial charge in [-0.15, -0.1) is 0 Å². The van der Waals surface area contributed by atoms with Crippen molar-refractivity contribution < 1.29 is 19.5 Å². The first-order valence-corrected chi connectivity index (χ1v) is 10.8. The molecule has 0 saturated heterocycles. The van der Waals surface area contributed by atoms with Crippen LogP contribution in [0.2, 0.25) is 0 Å². The normalized spacial score (nSPS) is 18.9. The Morgan fingerprint density at radius 3 is 2.50 bits per heavy atom. The zero-order chi connectivity index (χ0) is 22.9. The maximum atomic E-state index is 12.5. The number of benzene rings is 2. The summed E-state index contributed by atoms with van der Waals surface area (Å²) in [7, 11) is 0. The molecule has 2 aromatic rings. The average molecular weight is 438 g/mol. The molecule has 0 unspecified atom stereocenters. The molecule has 32 heavy (non-hydrogen) atoms. The second kappa shape index (κ2) is 11.2. The Labute approximate surface area is 185 Å². The first kappa shape index (κ1) is 23.1. The maximum absolute atomic E-state index is 12.5. The molecule has 2 amide bonds. The zero-order valence-corrected chi connectivity index (χ0v) is 17.7. The van der Waals surface area contributed by atoms with Gasteiger partial charge in [-0.25, -0.2) is 0 Å². The van der Waals surface area contributed by atoms with Gasteiger partial charge in [-0.2, -0.15) is 0 Å². The minimum absolute atomic E-state index is 0.0926. The van der Waals surface area contributed by atoms with Crippen molar-refractivity contribution in [2.45, 2.75) is 38.1 Å². The molecular formula is C23H27N5O4. The number of nitrogens with one attached hydrogen (secondary N) is 2. The second-order valence-corrected chi connectivity index (χ2v) is 8.21. The molecule has 1 fully saturated rings. The molecule has 0 radical (unpaired) electrons. The molecular weight excluding hydrogens is 410 g/mol. The van der Waals surface area contributed by atoms with Gasteiger partial charge in [0.25, 0.3) is 5.91 Å². The maximum Gasteiger partial charge on any atom is 0.305 e. The SMILES string of the molecule is [N-]=[N+]=NC[C@H](CC(=O)O)NC(=O)C1CCC(CNC(=O)c2ccc3ccccc3c2)CC1. The molecule has 0 aromatic heterocycles. The predicted molar refractivity (Wildman–Crippen MR) is 120 cm³/mol. The van der Waals surface area contributed by atoms with E-state index in [-0.39, 0.29) is 30.7 Å². The highest BCUT2D eigenvalue weighted by Crippen LogP contribution is 2.29. The fraction of sp³-hybridized carbons (Fsp3) is 0.435. The highest BCUT2D eigenvalue weighted by atomic mass is 16.4. The quantitative estimate of drug-likeness (QED) is 0.312. The van der Waals surface area contributed by atoms with Crippen LogP contribution in [0.25, 0.3) is 21.2 Å². The van der Waals surface area contributed by atoms with Crippen LogP contribution < -0.4 is 10.6 Å². The number of rotatable bonds is 9. The van der Waals surface area contributed by atoms with E-state index in [1.54, 1.807) is 0 Å². The van der Waals surface area contributed by atoms with Gasteiger partial charge in [-0.05, 0) is 60.0 Å². The average Bonchev–Trinajstić information content (AvgIpc) is 2.80. The minimum atomic E-state index is -1.06. The van der Waals surface area contributed by atoms with Crippen molar-refractivity contribution in [2.24, 2.45) is 17.0 Å². The number of hydrogen-bond donors (Lipinski definition) is 3. The van der Waals surface area contributed by atoms with Crippen molar-refractivity contribution in [2.75, 3.05) is 13.1 Å². The van der Waals surface area contributed by atoms with E-state index in [0.717, 1.165) is 23.6 Å². The first-order valence-electron chi connectivity index (χ1n) is 10.8. The van der Waals surface area contributed by atoms with Crippen molar-refractivity contribution >= 4 is 28.6 Å². The van der Waals surface area contributed by atoms with Gasteiger partial charge in [-0.1, -0.05) is 35.4 Å². The number of azide groups is 1. The summed E-state index contributed by atoms with van der Waals surface area (Å²) in [5.74, 6) is -1.28. The topological polar surface area (TPSA) is 144 Å². The van der Waals surface area contributed by atoms with Gasteiger partial charge in [0.15, 0.2) is 0 Å². The van der Waals surface area contributed by atoms with E-state index in [1.165, 1.54) is 0 Å². The van der Waals surface area contributed by atoms with Crippen molar-refractivity contribution in [1.82, 2.24) is 10.6 Å². The number of carbonyl (C=O) groups excluding carboxylic acids is 2. The molecule has 1 atom stereocenters. The van der Waals surface area contributed by atoms with Gasteiger partial charge in [0.2, 0.25) is 5.91 Å². The third kappa shape index (κ3) is 6.46. The number of carboxylic acids is 1. The summed E-state index contributed by atoms with van der Waals surface area (Å²) < 4.78 is 0. The Morgan fingerprint density at radius 2 is 1.81 bits per heavy atom. The van der Waals surface area contributed by atoms with Gasteiger partial charge in [0.05, 0.1) is 6.42 Å². The Morgan fingerprint density at radius 1 is 1.09 bits per heavy atom. The molecule has 9 heteroatoms. The largest absolute Gasteiger partial charge is 0.481 e. The lowest BCUT2D eigenvalue weighted by atomic mass is 9.81. The zero-order valence-electron chi connectivity index (χ0n) is 17.7. The van der Waals surface area contributed by atoms with E-state index in [0.29, 0.717) is 30.9 Å². The van der Waals surface area contributed by atoms with Crippen molar-refractivity contribution in [3.8, 4) is 0 Å². The molecule has 3 rings (SSSR count). The molecule has 0 heterocycles. The van der Waals surface area contributed by atoms with Crippen LogP contribution in [-0.2, 0) is 9.59 Å². The molecule has 2 aromatic carbocycles. The molecule has 1 aliphatic carbocycles. The number of amides is 2. The van der Waals surface area contributed by atoms with Crippen LogP contribution in [0.5, 0.6) is 0 Å². The minimum Gasteiger partial charge on any atom is -0.481 e. The fourth-order valence-electron chi connectivity index (χ4n) is 4.12. The second-order valence-electron chi connectivity index (χ2n) is 8.21. The van der Waals surface area contributed by atoms with E-state index < -0.39 is 12.0 Å². The third-order valence-electron chi connectivity index (χ3n) is 5.91. The summed E-state index contributed by atoms with van der Waals surface area (Å²) in [6.45, 7) is 0.462. The molecule has 168 valence electrons. The van der Waals surface area contributed by atoms with Crippen molar-refractivity contribution in [1.29, 1.82) is 0 Å². The lowest BCUT2D eigenvalue weighted by Crippen LogP contribution is -2.43. The van der Waals surface area contributed by atoms with Gasteiger partial charge < -0.3 is 15.7 Å². The molecule has 0 spiro atoms. The molecule has 1 saturated carbocycles. The van der Waals surface area contributed by atoms with Crippen LogP contribution in [0.15, 0.2) is 47.6 Å². The van der Waals surface area contributed by atoms with E-state index >= 15 is 0 Å². The number of nitrogens with zero attached hydrogens (tertiary/aromatic N) is 3. The summed E-state index contributed by atoms with van der Waals surface area (Å²) in [6, 6.07) is 12.8. The molecule has 0 aliphatic heterocycles. The summed E-state index contributed by atoms with van der Waals surface area (Å²) in [5, 5.41) is 20.2. The summed E-state index contributed by atoms with van der Waals surface area (Å²) in [6.07, 6.45) is 2.65. The van der Waals surface area contributed by atoms with Gasteiger partial charge >= 0.3 is 5.97 Å². The lowest BCUT2D eigenvalue weighted by Gasteiger charge is -2.29. The molecule has 3 N–H and O–H groups in total. The third-order valence-corrected chi connectivity index (χ3v) is 5.91. The Bertz CT molecular complexity index is 1020. The van der Waals surface area contributed by atoms with Crippen molar-refractivity contribution in [3.63, 3.8) is 0 Å². The van der Waals surface area contributed by atoms with Gasteiger partial charge in [0.1, 0.15) is 0 Å². The summed E-state index contributed by atoms with van der Waals surface area (Å²) in [5.41, 5.74) is 9.06. The van der Waals surface area contributed by atoms with Gasteiger partial charge in [0, 0.05) is 35.5 Å². The van der Waals surface area contributed by atoms with Crippen LogP contribution >= 0.6 is 0 Å². The highest BCUT2D eigenvalue weighted by Gasteiger charge is 2.28. The smallest absolute Gasteiger partial charge is 0.305 e. The number of carboxylic acid groups (broad SMARTS) is 1. The number of carbonyl (C=O) groups is 3. The molecule has 0 bridgehead atoms. The van der Waals surface area contributed by atoms with Crippen LogP contribution in [0, 0.1) is 11.8 Å². The first-order chi connectivity index (χ1) is 15.5. The van der Waals surface area contributed by atoms with E-state index in [2.05, 4.69) is 20.7 Å². The van der Waals surface area contributed by atoms with Crippen LogP contribution in [0.4, 0.5) is 0 Å². The number of aliphatic carboxylic acids is 1. The fourth-order valence-corrected chi connectivity index (χ4v) is 4.12. The Hall–Kier alpha value is -3.58. The standard InChI is InChI=1S/C23H27N5O4/c24-28-26-14-20(12-21(29)30)27-23(32)17-7-5-15(6-8-17)13-25-22(31)19-10-9-16-3-1-2-4-18(16)11-19/h1-4,9-11,15,17,20H,5-8,12-14H2,(H,25,31)(H,27,32)(H,29,30)/t15?,17?,20-/m0/s1. The molecule has 9 nitrogen and oxygen atoms in total. The summed E-state index contributed by atoms with van der Waals surface area (Å²) in [4.78, 5) is 38.6. The predicted octanol–water partition coefficient (Wildman–Crippen LogP) is 3.65. The van der Waals surface area contributed by atoms with Gasteiger partial charge in [-0.3, -0.25) is 14.4 Å². The van der Waals surface area contributed by atoms with E-state index in [1.807, 2.05) is 42.5 Å². The number of hydrogen-bond acceptors (Lipinski definition) is 4. The van der Waals surface area contributed by atoms with Crippen LogP contribution in [0.1, 0.15) is 42.5 Å². The molecule has 1 aliphatic rings. The number of fused-ring (bicyclic) bond motifs is 1. The monoisotopic (exact) mass is 437 g/mol. The van der Waals surface area contributed by atoms with Crippen molar-refractivity contribution in [3.05, 3.63) is 58.5 Å². The van der Waals surface area contributed by atoms with Crippen LogP contribution in [0.3, 0.4) is 0 Å². The van der Waals surface area contributed by atoms with Crippen LogP contribution in [-0.4, -0.2) is 42.0 Å². The summed E-state index contributed by atoms with van der Waals surface area (Å²) >= 11 is 0. The highest BCUT2D eigenvalue weighted by molar-refractivity contribution is 5.98. The lowest BCUT2D eigenvalue weighted by molar-refractivity contribution is -0.137. The van der Waals surface area contributed by atoms with E-state index in [9.17, 15) is 14.4 Å². The Balaban J connectivity index is 1.45.